The molecule has 7 nitrogen and oxygen atoms in total. The molecule has 174 valence electrons. The number of para-hydroxylation sites is 1. The van der Waals surface area contributed by atoms with Crippen molar-refractivity contribution >= 4 is 38.1 Å². The van der Waals surface area contributed by atoms with Gasteiger partial charge in [0.05, 0.1) is 16.3 Å². The lowest BCUT2D eigenvalue weighted by Gasteiger charge is -2.29. The van der Waals surface area contributed by atoms with E-state index in [0.29, 0.717) is 5.13 Å². The highest BCUT2D eigenvalue weighted by Crippen LogP contribution is 2.23. The Balaban J connectivity index is 1.42. The number of sulfonamides is 1. The molecule has 10 heteroatoms. The van der Waals surface area contributed by atoms with Crippen molar-refractivity contribution in [3.05, 3.63) is 71.0 Å². The predicted molar refractivity (Wildman–Crippen MR) is 127 cm³/mol. The van der Waals surface area contributed by atoms with Gasteiger partial charge in [0.2, 0.25) is 0 Å². The van der Waals surface area contributed by atoms with E-state index >= 15 is 0 Å². The molecule has 0 radical (unpaired) electrons. The minimum atomic E-state index is -4.07. The van der Waals surface area contributed by atoms with Crippen LogP contribution >= 0.6 is 11.3 Å². The number of benzene rings is 2. The van der Waals surface area contributed by atoms with Gasteiger partial charge in [-0.05, 0) is 62.2 Å². The lowest BCUT2D eigenvalue weighted by molar-refractivity contribution is 0.102. The third-order valence-electron chi connectivity index (χ3n) is 5.56. The van der Waals surface area contributed by atoms with E-state index in [-0.39, 0.29) is 16.1 Å². The van der Waals surface area contributed by atoms with Gasteiger partial charge in [-0.15, -0.1) is 11.3 Å². The Kier molecular flexibility index (Phi) is 7.06. The molecule has 3 aromatic rings. The van der Waals surface area contributed by atoms with Crippen molar-refractivity contribution < 1.29 is 17.6 Å². The molecule has 33 heavy (non-hydrogen) atoms. The lowest BCUT2D eigenvalue weighted by atomic mass is 9.99. The number of carbonyl (C=O) groups is 1. The van der Waals surface area contributed by atoms with E-state index in [1.54, 1.807) is 0 Å². The summed E-state index contributed by atoms with van der Waals surface area (Å²) in [5, 5.41) is 5.12. The second kappa shape index (κ2) is 9.98. The number of likely N-dealkylation sites (tertiary alicyclic amines) is 1. The topological polar surface area (TPSA) is 91.4 Å². The molecular formula is C23H25FN4O3S2. The van der Waals surface area contributed by atoms with E-state index in [1.165, 1.54) is 66.6 Å². The molecule has 0 aliphatic carbocycles. The predicted octanol–water partition coefficient (Wildman–Crippen LogP) is 4.57. The number of carbonyl (C=O) groups excluding carboxylic acids is 1. The molecule has 2 N–H and O–H groups in total. The highest BCUT2D eigenvalue weighted by molar-refractivity contribution is 7.92. The summed E-state index contributed by atoms with van der Waals surface area (Å²) < 4.78 is 41.4. The van der Waals surface area contributed by atoms with Crippen LogP contribution in [0.25, 0.3) is 0 Å². The van der Waals surface area contributed by atoms with Crippen LogP contribution in [0.4, 0.5) is 15.2 Å². The monoisotopic (exact) mass is 488 g/mol. The quantitative estimate of drug-likeness (QED) is 0.509. The van der Waals surface area contributed by atoms with Crippen molar-refractivity contribution in [2.45, 2.75) is 31.2 Å². The van der Waals surface area contributed by atoms with Gasteiger partial charge < -0.3 is 0 Å². The number of thiazole rings is 1. The number of hydrogen-bond acceptors (Lipinski definition) is 6. The summed E-state index contributed by atoms with van der Waals surface area (Å²) in [5.74, 6) is -0.396. The van der Waals surface area contributed by atoms with Crippen LogP contribution in [0, 0.1) is 11.7 Å². The summed E-state index contributed by atoms with van der Waals surface area (Å²) in [6, 6.07) is 11.1. The molecule has 0 unspecified atom stereocenters. The summed E-state index contributed by atoms with van der Waals surface area (Å²) in [6.45, 7) is 5.10. The fourth-order valence-electron chi connectivity index (χ4n) is 3.61. The van der Waals surface area contributed by atoms with Crippen molar-refractivity contribution in [1.29, 1.82) is 0 Å². The minimum absolute atomic E-state index is 0.141. The fraction of sp³-hybridized carbons (Fsp3) is 0.304. The van der Waals surface area contributed by atoms with E-state index in [0.717, 1.165) is 37.3 Å². The van der Waals surface area contributed by atoms with Gasteiger partial charge in [0.15, 0.2) is 5.13 Å². The standard InChI is InChI=1S/C23H25FN4O3S2/c1-16-9-11-28(12-10-16)14-18-15-32-23(25-18)26-22(29)17-5-4-6-19(13-17)33(30,31)27-21-8-3-2-7-20(21)24/h2-8,13,15-16,27H,9-12,14H2,1H3,(H,25,26,29). The third-order valence-corrected chi connectivity index (χ3v) is 7.73. The Hall–Kier alpha value is -2.82. The second-order valence-electron chi connectivity index (χ2n) is 8.17. The number of nitrogens with one attached hydrogen (secondary N) is 2. The van der Waals surface area contributed by atoms with Crippen LogP contribution in [0.2, 0.25) is 0 Å². The first kappa shape index (κ1) is 23.3. The fourth-order valence-corrected chi connectivity index (χ4v) is 5.42. The van der Waals surface area contributed by atoms with E-state index in [1.807, 2.05) is 5.38 Å². The summed E-state index contributed by atoms with van der Waals surface area (Å²) in [5.41, 5.74) is 0.897. The highest BCUT2D eigenvalue weighted by Gasteiger charge is 2.20. The largest absolute Gasteiger partial charge is 0.298 e. The molecular weight excluding hydrogens is 463 g/mol. The van der Waals surface area contributed by atoms with Crippen molar-refractivity contribution in [3.63, 3.8) is 0 Å². The summed E-state index contributed by atoms with van der Waals surface area (Å²) in [7, 11) is -4.07. The summed E-state index contributed by atoms with van der Waals surface area (Å²) >= 11 is 1.33. The smallest absolute Gasteiger partial charge is 0.262 e. The number of amides is 1. The molecule has 2 aromatic carbocycles. The number of piperidine rings is 1. The Morgan fingerprint density at radius 2 is 1.94 bits per heavy atom. The van der Waals surface area contributed by atoms with Gasteiger partial charge in [-0.25, -0.2) is 17.8 Å². The SMILES string of the molecule is CC1CCN(Cc2csc(NC(=O)c3cccc(S(=O)(=O)Nc4ccccc4F)c3)n2)CC1. The number of aromatic nitrogens is 1. The second-order valence-corrected chi connectivity index (χ2v) is 10.7. The van der Waals surface area contributed by atoms with Gasteiger partial charge in [0.1, 0.15) is 5.82 Å². The van der Waals surface area contributed by atoms with Gasteiger partial charge in [-0.1, -0.05) is 25.1 Å². The summed E-state index contributed by atoms with van der Waals surface area (Å²) in [6.07, 6.45) is 2.36. The molecule has 1 aliphatic rings. The normalized spacial score (nSPS) is 15.3. The number of hydrogen-bond donors (Lipinski definition) is 2. The zero-order valence-corrected chi connectivity index (χ0v) is 19.8. The highest BCUT2D eigenvalue weighted by atomic mass is 32.2. The lowest BCUT2D eigenvalue weighted by Crippen LogP contribution is -2.32. The Labute approximate surface area is 196 Å². The van der Waals surface area contributed by atoms with E-state index in [4.69, 9.17) is 0 Å². The van der Waals surface area contributed by atoms with E-state index in [2.05, 4.69) is 26.8 Å². The molecule has 1 saturated heterocycles. The Bertz CT molecular complexity index is 1240. The zero-order valence-electron chi connectivity index (χ0n) is 18.1. The van der Waals surface area contributed by atoms with Crippen LogP contribution in [0.3, 0.4) is 0 Å². The Morgan fingerprint density at radius 1 is 1.18 bits per heavy atom. The van der Waals surface area contributed by atoms with Gasteiger partial charge >= 0.3 is 0 Å². The number of rotatable bonds is 7. The molecule has 1 fully saturated rings. The Morgan fingerprint density at radius 3 is 2.70 bits per heavy atom. The van der Waals surface area contributed by atoms with Crippen LogP contribution in [-0.2, 0) is 16.6 Å². The van der Waals surface area contributed by atoms with Crippen molar-refractivity contribution in [1.82, 2.24) is 9.88 Å². The molecule has 4 rings (SSSR count). The average Bonchev–Trinajstić information content (AvgIpc) is 3.23. The van der Waals surface area contributed by atoms with Crippen LogP contribution < -0.4 is 10.0 Å². The molecule has 2 heterocycles. The van der Waals surface area contributed by atoms with Gasteiger partial charge in [-0.2, -0.15) is 0 Å². The summed E-state index contributed by atoms with van der Waals surface area (Å²) in [4.78, 5) is 19.4. The average molecular weight is 489 g/mol. The first-order chi connectivity index (χ1) is 15.8. The van der Waals surface area contributed by atoms with Gasteiger partial charge in [0, 0.05) is 17.5 Å². The minimum Gasteiger partial charge on any atom is -0.298 e. The van der Waals surface area contributed by atoms with E-state index < -0.39 is 21.7 Å². The number of halogens is 1. The molecule has 1 amide bonds. The number of anilines is 2. The molecule has 1 aliphatic heterocycles. The van der Waals surface area contributed by atoms with E-state index in [9.17, 15) is 17.6 Å². The van der Waals surface area contributed by atoms with Gasteiger partial charge in [0.25, 0.3) is 15.9 Å². The molecule has 0 atom stereocenters. The van der Waals surface area contributed by atoms with Crippen LogP contribution in [0.15, 0.2) is 58.8 Å². The van der Waals surface area contributed by atoms with Crippen molar-refractivity contribution in [3.8, 4) is 0 Å². The third kappa shape index (κ3) is 5.95. The maximum atomic E-state index is 13.9. The molecule has 0 bridgehead atoms. The molecule has 0 spiro atoms. The van der Waals surface area contributed by atoms with Gasteiger partial charge in [-0.3, -0.25) is 19.7 Å². The first-order valence-corrected chi connectivity index (χ1v) is 13.0. The van der Waals surface area contributed by atoms with Crippen LogP contribution in [0.1, 0.15) is 35.8 Å². The zero-order chi connectivity index (χ0) is 23.4. The molecule has 0 saturated carbocycles. The van der Waals surface area contributed by atoms with Crippen molar-refractivity contribution in [2.24, 2.45) is 5.92 Å². The van der Waals surface area contributed by atoms with Crippen LogP contribution in [-0.4, -0.2) is 37.3 Å². The molecule has 1 aromatic heterocycles. The number of nitrogens with zero attached hydrogens (tertiary/aromatic N) is 2. The van der Waals surface area contributed by atoms with Crippen LogP contribution in [0.5, 0.6) is 0 Å². The maximum Gasteiger partial charge on any atom is 0.262 e. The first-order valence-electron chi connectivity index (χ1n) is 10.7. The maximum absolute atomic E-state index is 13.9. The van der Waals surface area contributed by atoms with Crippen molar-refractivity contribution in [2.75, 3.05) is 23.1 Å².